The van der Waals surface area contributed by atoms with Crippen molar-refractivity contribution in [2.45, 2.75) is 70.8 Å². The molecule has 16 heavy (non-hydrogen) atoms. The molecule has 0 aliphatic heterocycles. The predicted molar refractivity (Wildman–Crippen MR) is 70.8 cm³/mol. The van der Waals surface area contributed by atoms with Gasteiger partial charge in [-0.25, -0.2) is 0 Å². The zero-order valence-electron chi connectivity index (χ0n) is 10.7. The normalized spacial score (nSPS) is 53.8. The highest BCUT2D eigenvalue weighted by Gasteiger charge is 2.60. The van der Waals surface area contributed by atoms with Crippen molar-refractivity contribution in [2.75, 3.05) is 0 Å². The topological polar surface area (TPSA) is 26.0 Å². The van der Waals surface area contributed by atoms with E-state index in [9.17, 15) is 0 Å². The second-order valence-electron chi connectivity index (χ2n) is 7.08. The molecule has 0 aromatic rings. The van der Waals surface area contributed by atoms with Crippen LogP contribution in [0.3, 0.4) is 0 Å². The van der Waals surface area contributed by atoms with E-state index in [-0.39, 0.29) is 17.9 Å². The number of hydrogen-bond acceptors (Lipinski definition) is 1. The Morgan fingerprint density at radius 1 is 0.938 bits per heavy atom. The fraction of sp³-hybridized carbons (Fsp3) is 1.00. The van der Waals surface area contributed by atoms with E-state index < -0.39 is 0 Å². The molecule has 1 nitrogen and oxygen atoms in total. The molecule has 4 aliphatic rings. The van der Waals surface area contributed by atoms with E-state index in [1.807, 2.05) is 0 Å². The minimum atomic E-state index is 0. The van der Waals surface area contributed by atoms with Gasteiger partial charge in [0, 0.05) is 5.54 Å². The SMILES string of the molecule is CCC12CC3CC(N)(C1)CC(CC)(C3)C2.Cl. The first-order chi connectivity index (χ1) is 7.03. The summed E-state index contributed by atoms with van der Waals surface area (Å²) in [4.78, 5) is 0. The van der Waals surface area contributed by atoms with Crippen molar-refractivity contribution in [3.63, 3.8) is 0 Å². The van der Waals surface area contributed by atoms with Crippen LogP contribution in [0.1, 0.15) is 65.2 Å². The molecule has 4 fully saturated rings. The summed E-state index contributed by atoms with van der Waals surface area (Å²) in [6, 6.07) is 0. The summed E-state index contributed by atoms with van der Waals surface area (Å²) >= 11 is 0. The zero-order chi connectivity index (χ0) is 10.7. The average Bonchev–Trinajstić information content (AvgIpc) is 2.14. The lowest BCUT2D eigenvalue weighted by molar-refractivity contribution is -0.124. The Kier molecular flexibility index (Phi) is 2.87. The largest absolute Gasteiger partial charge is 0.325 e. The number of halogens is 1. The van der Waals surface area contributed by atoms with Gasteiger partial charge in [0.1, 0.15) is 0 Å². The van der Waals surface area contributed by atoms with Crippen molar-refractivity contribution in [1.29, 1.82) is 0 Å². The number of hydrogen-bond donors (Lipinski definition) is 1. The van der Waals surface area contributed by atoms with Crippen LogP contribution in [-0.2, 0) is 0 Å². The van der Waals surface area contributed by atoms with Gasteiger partial charge in [-0.05, 0) is 55.3 Å². The Balaban J connectivity index is 0.000000963. The average molecular weight is 244 g/mol. The molecule has 4 aliphatic carbocycles. The quantitative estimate of drug-likeness (QED) is 0.782. The molecule has 2 unspecified atom stereocenters. The molecule has 2 atom stereocenters. The minimum Gasteiger partial charge on any atom is -0.325 e. The minimum absolute atomic E-state index is 0. The fourth-order valence-electron chi connectivity index (χ4n) is 5.71. The van der Waals surface area contributed by atoms with Crippen LogP contribution in [0.25, 0.3) is 0 Å². The van der Waals surface area contributed by atoms with Gasteiger partial charge in [-0.15, -0.1) is 12.4 Å². The summed E-state index contributed by atoms with van der Waals surface area (Å²) in [7, 11) is 0. The molecule has 2 N–H and O–H groups in total. The predicted octanol–water partition coefficient (Wildman–Crippen LogP) is 3.90. The lowest BCUT2D eigenvalue weighted by Gasteiger charge is -2.66. The molecule has 4 rings (SSSR count). The van der Waals surface area contributed by atoms with Crippen LogP contribution in [0, 0.1) is 16.7 Å². The highest BCUT2D eigenvalue weighted by molar-refractivity contribution is 5.85. The third kappa shape index (κ3) is 1.62. The monoisotopic (exact) mass is 243 g/mol. The van der Waals surface area contributed by atoms with Crippen molar-refractivity contribution in [1.82, 2.24) is 0 Å². The van der Waals surface area contributed by atoms with E-state index in [1.54, 1.807) is 0 Å². The van der Waals surface area contributed by atoms with Gasteiger partial charge in [-0.3, -0.25) is 0 Å². The van der Waals surface area contributed by atoms with E-state index in [2.05, 4.69) is 13.8 Å². The summed E-state index contributed by atoms with van der Waals surface area (Å²) in [6.45, 7) is 4.78. The van der Waals surface area contributed by atoms with Crippen molar-refractivity contribution < 1.29 is 0 Å². The van der Waals surface area contributed by atoms with Crippen LogP contribution in [0.5, 0.6) is 0 Å². The second-order valence-corrected chi connectivity index (χ2v) is 7.08. The Bertz CT molecular complexity index is 268. The van der Waals surface area contributed by atoms with Crippen LogP contribution in [0.4, 0.5) is 0 Å². The molecular weight excluding hydrogens is 218 g/mol. The number of nitrogens with two attached hydrogens (primary N) is 1. The molecule has 0 aromatic carbocycles. The molecular formula is C14H26ClN. The molecule has 2 heteroatoms. The second kappa shape index (κ2) is 3.62. The van der Waals surface area contributed by atoms with Crippen LogP contribution in [0.15, 0.2) is 0 Å². The van der Waals surface area contributed by atoms with E-state index in [0.717, 1.165) is 5.92 Å². The third-order valence-electron chi connectivity index (χ3n) is 5.84. The van der Waals surface area contributed by atoms with Gasteiger partial charge in [0.15, 0.2) is 0 Å². The summed E-state index contributed by atoms with van der Waals surface area (Å²) in [6.07, 6.45) is 11.2. The first-order valence-corrected chi connectivity index (χ1v) is 6.82. The molecule has 4 bridgehead atoms. The standard InChI is InChI=1S/C14H25N.ClH/c1-3-12-5-11-6-13(4-2,8-12)10-14(15,7-11)9-12;/h11H,3-10,15H2,1-2H3;1H. The van der Waals surface area contributed by atoms with Gasteiger partial charge in [0.25, 0.3) is 0 Å². The molecule has 0 amide bonds. The first-order valence-electron chi connectivity index (χ1n) is 6.82. The Hall–Kier alpha value is 0.250. The Labute approximate surface area is 106 Å². The van der Waals surface area contributed by atoms with E-state index >= 15 is 0 Å². The molecule has 0 spiro atoms. The molecule has 4 saturated carbocycles. The van der Waals surface area contributed by atoms with Crippen molar-refractivity contribution in [2.24, 2.45) is 22.5 Å². The zero-order valence-corrected chi connectivity index (χ0v) is 11.5. The lowest BCUT2D eigenvalue weighted by atomic mass is 9.41. The first kappa shape index (κ1) is 12.7. The maximum atomic E-state index is 6.64. The summed E-state index contributed by atoms with van der Waals surface area (Å²) in [5, 5.41) is 0. The smallest absolute Gasteiger partial charge is 0.0167 e. The number of rotatable bonds is 2. The highest BCUT2D eigenvalue weighted by Crippen LogP contribution is 2.67. The maximum absolute atomic E-state index is 6.64. The van der Waals surface area contributed by atoms with Gasteiger partial charge < -0.3 is 5.73 Å². The third-order valence-corrected chi connectivity index (χ3v) is 5.84. The highest BCUT2D eigenvalue weighted by atomic mass is 35.5. The van der Waals surface area contributed by atoms with E-state index in [4.69, 9.17) is 5.73 Å². The van der Waals surface area contributed by atoms with Crippen LogP contribution in [0.2, 0.25) is 0 Å². The molecule has 0 aromatic heterocycles. The van der Waals surface area contributed by atoms with E-state index in [1.165, 1.54) is 51.4 Å². The maximum Gasteiger partial charge on any atom is 0.0167 e. The summed E-state index contributed by atoms with van der Waals surface area (Å²) in [5.74, 6) is 0.964. The Morgan fingerprint density at radius 2 is 1.44 bits per heavy atom. The van der Waals surface area contributed by atoms with Crippen LogP contribution >= 0.6 is 12.4 Å². The Morgan fingerprint density at radius 3 is 1.81 bits per heavy atom. The molecule has 94 valence electrons. The van der Waals surface area contributed by atoms with E-state index in [0.29, 0.717) is 10.8 Å². The van der Waals surface area contributed by atoms with Crippen molar-refractivity contribution >= 4 is 12.4 Å². The summed E-state index contributed by atoms with van der Waals surface area (Å²) in [5.41, 5.74) is 8.16. The van der Waals surface area contributed by atoms with Gasteiger partial charge >= 0.3 is 0 Å². The van der Waals surface area contributed by atoms with Crippen LogP contribution < -0.4 is 5.73 Å². The van der Waals surface area contributed by atoms with Gasteiger partial charge in [-0.2, -0.15) is 0 Å². The molecule has 0 radical (unpaired) electrons. The van der Waals surface area contributed by atoms with Gasteiger partial charge in [0.2, 0.25) is 0 Å². The lowest BCUT2D eigenvalue weighted by Crippen LogP contribution is -2.63. The molecule has 0 heterocycles. The summed E-state index contributed by atoms with van der Waals surface area (Å²) < 4.78 is 0. The fourth-order valence-corrected chi connectivity index (χ4v) is 5.71. The van der Waals surface area contributed by atoms with Crippen LogP contribution in [-0.4, -0.2) is 5.54 Å². The van der Waals surface area contributed by atoms with Crippen molar-refractivity contribution in [3.8, 4) is 0 Å². The molecule has 0 saturated heterocycles. The van der Waals surface area contributed by atoms with Crippen molar-refractivity contribution in [3.05, 3.63) is 0 Å². The van der Waals surface area contributed by atoms with Gasteiger partial charge in [0.05, 0.1) is 0 Å². The van der Waals surface area contributed by atoms with Gasteiger partial charge in [-0.1, -0.05) is 26.7 Å².